The van der Waals surface area contributed by atoms with Gasteiger partial charge in [0.05, 0.1) is 22.2 Å². The van der Waals surface area contributed by atoms with E-state index in [4.69, 9.17) is 0 Å². The van der Waals surface area contributed by atoms with Crippen LogP contribution < -0.4 is 5.56 Å². The number of rotatable bonds is 3. The fourth-order valence-electron chi connectivity index (χ4n) is 4.64. The number of nitrogens with zero attached hydrogens (tertiary/aromatic N) is 3. The van der Waals surface area contributed by atoms with Crippen molar-refractivity contribution < 1.29 is 13.2 Å². The summed E-state index contributed by atoms with van der Waals surface area (Å²) in [6.45, 7) is 3.82. The van der Waals surface area contributed by atoms with Crippen molar-refractivity contribution in [3.63, 3.8) is 0 Å². The van der Waals surface area contributed by atoms with E-state index in [0.717, 1.165) is 22.2 Å². The van der Waals surface area contributed by atoms with Crippen molar-refractivity contribution in [2.75, 3.05) is 0 Å². The lowest BCUT2D eigenvalue weighted by molar-refractivity contribution is 0.544. The van der Waals surface area contributed by atoms with Crippen LogP contribution in [0.1, 0.15) is 25.3 Å². The van der Waals surface area contributed by atoms with Gasteiger partial charge in [0.15, 0.2) is 0 Å². The highest BCUT2D eigenvalue weighted by atomic mass is 79.9. The molecule has 0 spiro atoms. The van der Waals surface area contributed by atoms with Gasteiger partial charge in [0.1, 0.15) is 23.2 Å². The molecule has 2 heterocycles. The molecule has 2 aliphatic heterocycles. The van der Waals surface area contributed by atoms with Gasteiger partial charge in [-0.1, -0.05) is 41.1 Å². The zero-order valence-electron chi connectivity index (χ0n) is 18.6. The van der Waals surface area contributed by atoms with Crippen molar-refractivity contribution in [1.82, 2.24) is 14.3 Å². The minimum atomic E-state index is -0.698. The Labute approximate surface area is 202 Å². The maximum Gasteiger partial charge on any atom is 0.282 e. The highest BCUT2D eigenvalue weighted by molar-refractivity contribution is 9.11. The summed E-state index contributed by atoms with van der Waals surface area (Å²) in [7, 11) is 0. The van der Waals surface area contributed by atoms with E-state index in [9.17, 15) is 9.18 Å². The fourth-order valence-corrected chi connectivity index (χ4v) is 5.39. The van der Waals surface area contributed by atoms with E-state index in [1.54, 1.807) is 12.1 Å². The first-order valence-corrected chi connectivity index (χ1v) is 11.7. The molecule has 5 rings (SSSR count). The van der Waals surface area contributed by atoms with Crippen LogP contribution in [0.3, 0.4) is 0 Å². The topological polar surface area (TPSA) is 39.8 Å². The first-order valence-electron chi connectivity index (χ1n) is 10.9. The second kappa shape index (κ2) is 8.58. The second-order valence-electron chi connectivity index (χ2n) is 8.83. The molecule has 34 heavy (non-hydrogen) atoms. The highest BCUT2D eigenvalue weighted by Crippen LogP contribution is 2.35. The Morgan fingerprint density at radius 1 is 1.09 bits per heavy atom. The zero-order chi connectivity index (χ0) is 24.1. The van der Waals surface area contributed by atoms with Crippen molar-refractivity contribution in [2.24, 2.45) is 5.92 Å². The Morgan fingerprint density at radius 3 is 2.59 bits per heavy atom. The average Bonchev–Trinajstić information content (AvgIpc) is 3.04. The summed E-state index contributed by atoms with van der Waals surface area (Å²) < 4.78 is 48.5. The third-order valence-corrected chi connectivity index (χ3v) is 6.78. The van der Waals surface area contributed by atoms with Crippen molar-refractivity contribution in [2.45, 2.75) is 33.2 Å². The lowest BCUT2D eigenvalue weighted by atomic mass is 9.99. The van der Waals surface area contributed by atoms with Crippen molar-refractivity contribution in [3.8, 4) is 16.9 Å². The summed E-state index contributed by atoms with van der Waals surface area (Å²) >= 11 is 3.38. The van der Waals surface area contributed by atoms with E-state index in [0.29, 0.717) is 24.1 Å². The molecule has 0 fully saturated rings. The van der Waals surface area contributed by atoms with Gasteiger partial charge in [0.2, 0.25) is 0 Å². The molecule has 0 aromatic heterocycles. The van der Waals surface area contributed by atoms with Crippen LogP contribution in [-0.2, 0) is 6.54 Å². The van der Waals surface area contributed by atoms with Crippen LogP contribution >= 0.6 is 15.9 Å². The number of pyridine rings is 1. The molecule has 0 radical (unpaired) electrons. The number of hydrogen-bond donors (Lipinski definition) is 0. The van der Waals surface area contributed by atoms with E-state index in [1.165, 1.54) is 21.5 Å². The summed E-state index contributed by atoms with van der Waals surface area (Å²) in [4.78, 5) is 13.3. The summed E-state index contributed by atoms with van der Waals surface area (Å²) in [5.41, 5.74) is 1.53. The molecule has 3 aliphatic rings. The molecule has 1 atom stereocenters. The van der Waals surface area contributed by atoms with E-state index in [-0.39, 0.29) is 34.6 Å². The van der Waals surface area contributed by atoms with Crippen molar-refractivity contribution >= 4 is 26.8 Å². The van der Waals surface area contributed by atoms with E-state index < -0.39 is 23.0 Å². The summed E-state index contributed by atoms with van der Waals surface area (Å²) in [5.74, 6) is -1.62. The molecule has 2 aromatic rings. The predicted octanol–water partition coefficient (Wildman–Crippen LogP) is 6.81. The number of halogens is 4. The quantitative estimate of drug-likeness (QED) is 0.293. The van der Waals surface area contributed by atoms with Gasteiger partial charge < -0.3 is 4.57 Å². The van der Waals surface area contributed by atoms with Gasteiger partial charge in [-0.05, 0) is 65.6 Å². The monoisotopic (exact) mass is 527 g/mol. The standard InChI is InChI=1S/C26H21BrF3N3O/c1-14-9-16(21(30)11-17(27)10-14)12-32-13-18-24(23-19(28)7-8-20(29)25(23)32)31-33(26(18)34)22-6-4-3-5-15(22)2/h3-8,11,13-14H,9-10,12H2,1-2H3. The molecule has 8 heteroatoms. The Kier molecular flexibility index (Phi) is 5.72. The molecule has 1 aliphatic carbocycles. The third kappa shape index (κ3) is 3.79. The zero-order valence-corrected chi connectivity index (χ0v) is 20.2. The molecule has 0 saturated carbocycles. The lowest BCUT2D eigenvalue weighted by Gasteiger charge is -2.18. The Bertz CT molecular complexity index is 1530. The summed E-state index contributed by atoms with van der Waals surface area (Å²) in [6, 6.07) is 9.26. The smallest absolute Gasteiger partial charge is 0.282 e. The van der Waals surface area contributed by atoms with Crippen LogP contribution in [0.25, 0.3) is 27.8 Å². The van der Waals surface area contributed by atoms with E-state index >= 15 is 8.78 Å². The second-order valence-corrected chi connectivity index (χ2v) is 9.85. The number of aryl methyl sites for hydroxylation is 1. The van der Waals surface area contributed by atoms with Crippen LogP contribution in [0.5, 0.6) is 0 Å². The number of benzene rings is 2. The highest BCUT2D eigenvalue weighted by Gasteiger charge is 2.26. The summed E-state index contributed by atoms with van der Waals surface area (Å²) in [6.07, 6.45) is 4.01. The minimum Gasteiger partial charge on any atom is -0.340 e. The Morgan fingerprint density at radius 2 is 1.82 bits per heavy atom. The van der Waals surface area contributed by atoms with Crippen molar-refractivity contribution in [3.05, 3.63) is 92.1 Å². The Balaban J connectivity index is 1.79. The molecule has 0 amide bonds. The molecular formula is C26H21BrF3N3O. The predicted molar refractivity (Wildman–Crippen MR) is 130 cm³/mol. The molecule has 2 aromatic carbocycles. The van der Waals surface area contributed by atoms with E-state index in [1.807, 2.05) is 26.0 Å². The van der Waals surface area contributed by atoms with E-state index in [2.05, 4.69) is 21.0 Å². The maximum absolute atomic E-state index is 15.1. The van der Waals surface area contributed by atoms with Gasteiger partial charge >= 0.3 is 0 Å². The van der Waals surface area contributed by atoms with Gasteiger partial charge in [-0.2, -0.15) is 9.78 Å². The minimum absolute atomic E-state index is 0.0191. The first-order chi connectivity index (χ1) is 16.2. The molecule has 4 nitrogen and oxygen atoms in total. The maximum atomic E-state index is 15.1. The normalized spacial score (nSPS) is 16.9. The largest absolute Gasteiger partial charge is 0.340 e. The van der Waals surface area contributed by atoms with Gasteiger partial charge in [-0.3, -0.25) is 4.79 Å². The van der Waals surface area contributed by atoms with Crippen LogP contribution in [0.15, 0.2) is 69.3 Å². The van der Waals surface area contributed by atoms with Crippen LogP contribution in [0, 0.1) is 24.5 Å². The number of aromatic nitrogens is 3. The number of hydrogen-bond acceptors (Lipinski definition) is 2. The molecule has 0 bridgehead atoms. The molecule has 0 N–H and O–H groups in total. The molecule has 174 valence electrons. The van der Waals surface area contributed by atoms with Gasteiger partial charge in [-0.15, -0.1) is 0 Å². The lowest BCUT2D eigenvalue weighted by Crippen LogP contribution is -2.16. The van der Waals surface area contributed by atoms with Crippen LogP contribution in [0.4, 0.5) is 13.2 Å². The third-order valence-electron chi connectivity index (χ3n) is 6.23. The Hall–Kier alpha value is -3.13. The number of para-hydroxylation sites is 1. The number of allylic oxidation sites excluding steroid dienone is 4. The first kappa shape index (κ1) is 22.7. The summed E-state index contributed by atoms with van der Waals surface area (Å²) in [5, 5.41) is 4.30. The van der Waals surface area contributed by atoms with Crippen LogP contribution in [-0.4, -0.2) is 14.3 Å². The average molecular weight is 528 g/mol. The molecular weight excluding hydrogens is 507 g/mol. The van der Waals surface area contributed by atoms with Gasteiger partial charge in [0, 0.05) is 12.7 Å². The van der Waals surface area contributed by atoms with Gasteiger partial charge in [-0.25, -0.2) is 13.2 Å². The SMILES string of the molecule is Cc1ccccc1-n1nc2c3c(F)ccc(F)c3n(CC3=C(F)C=C(Br)CC(C)C3)cc-2c1=O. The van der Waals surface area contributed by atoms with Gasteiger partial charge in [0.25, 0.3) is 5.56 Å². The fraction of sp³-hybridized carbons (Fsp3) is 0.231. The molecule has 0 saturated heterocycles. The van der Waals surface area contributed by atoms with Crippen molar-refractivity contribution in [1.29, 1.82) is 0 Å². The number of fused-ring (bicyclic) bond motifs is 3. The van der Waals surface area contributed by atoms with Crippen LogP contribution in [0.2, 0.25) is 0 Å². The molecule has 1 unspecified atom stereocenters.